The van der Waals surface area contributed by atoms with Crippen LogP contribution in [0.3, 0.4) is 0 Å². The molecule has 0 heterocycles. The summed E-state index contributed by atoms with van der Waals surface area (Å²) < 4.78 is 68.4. The smallest absolute Gasteiger partial charge is 0.462 e. The first kappa shape index (κ1) is 92.1. The molecule has 0 aliphatic heterocycles. The Hall–Kier alpha value is -1.94. The Bertz CT molecular complexity index is 1850. The lowest BCUT2D eigenvalue weighted by Gasteiger charge is -2.21. The topological polar surface area (TPSA) is 237 Å². The number of unbranched alkanes of at least 4 members (excludes halogenated alkanes) is 37. The fraction of sp³-hybridized carbons (Fsp3) is 0.947. The Labute approximate surface area is 575 Å². The Balaban J connectivity index is 5.19. The Morgan fingerprint density at radius 2 is 0.511 bits per heavy atom. The number of rotatable bonds is 72. The van der Waals surface area contributed by atoms with Gasteiger partial charge in [0.25, 0.3) is 0 Å². The number of carbonyl (C=O) groups excluding carboxylic acids is 4. The SMILES string of the molecule is CCC(C)CCCCCCCCC(=O)O[C@H](COC(=O)CCCCCCCCCCC(C)C)COP(=O)(O)OCC(O)COP(=O)(O)OC[C@@H](COC(=O)CCCCCCCCCCCC(C)C)OC(=O)CCCCCCCCCCCCCCCCCCCCC(C)C. The van der Waals surface area contributed by atoms with Gasteiger partial charge in [-0.3, -0.25) is 37.3 Å². The second-order valence-corrected chi connectivity index (χ2v) is 31.6. The number of phosphoric ester groups is 2. The van der Waals surface area contributed by atoms with Gasteiger partial charge in [-0.25, -0.2) is 9.13 Å². The average Bonchev–Trinajstić information content (AvgIpc) is 1.50. The van der Waals surface area contributed by atoms with Crippen molar-refractivity contribution in [3.05, 3.63) is 0 Å². The van der Waals surface area contributed by atoms with Crippen LogP contribution in [0.1, 0.15) is 376 Å². The number of hydrogen-bond donors (Lipinski definition) is 3. The van der Waals surface area contributed by atoms with Gasteiger partial charge in [-0.1, -0.05) is 325 Å². The minimum Gasteiger partial charge on any atom is -0.462 e. The number of aliphatic hydroxyl groups is 1. The Morgan fingerprint density at radius 1 is 0.298 bits per heavy atom. The van der Waals surface area contributed by atoms with Crippen LogP contribution in [0.4, 0.5) is 0 Å². The predicted octanol–water partition coefficient (Wildman–Crippen LogP) is 21.7. The first-order valence-electron chi connectivity index (χ1n) is 38.7. The van der Waals surface area contributed by atoms with Crippen LogP contribution in [-0.4, -0.2) is 96.7 Å². The first-order valence-corrected chi connectivity index (χ1v) is 41.7. The van der Waals surface area contributed by atoms with E-state index in [0.29, 0.717) is 25.7 Å². The van der Waals surface area contributed by atoms with Crippen molar-refractivity contribution in [1.29, 1.82) is 0 Å². The number of ether oxygens (including phenoxy) is 4. The molecule has 3 N–H and O–H groups in total. The highest BCUT2D eigenvalue weighted by Crippen LogP contribution is 2.45. The molecule has 19 heteroatoms. The lowest BCUT2D eigenvalue weighted by molar-refractivity contribution is -0.161. The summed E-state index contributed by atoms with van der Waals surface area (Å²) in [5.74, 6) is 0.884. The van der Waals surface area contributed by atoms with Gasteiger partial charge in [0.05, 0.1) is 26.4 Å². The molecule has 0 aromatic carbocycles. The lowest BCUT2D eigenvalue weighted by Crippen LogP contribution is -2.30. The van der Waals surface area contributed by atoms with Crippen molar-refractivity contribution in [2.24, 2.45) is 23.7 Å². The van der Waals surface area contributed by atoms with E-state index < -0.39 is 97.5 Å². The first-order chi connectivity index (χ1) is 45.1. The predicted molar refractivity (Wildman–Crippen MR) is 381 cm³/mol. The molecule has 0 amide bonds. The molecule has 0 rings (SSSR count). The highest BCUT2D eigenvalue weighted by Gasteiger charge is 2.30. The molecular formula is C75H146O17P2. The van der Waals surface area contributed by atoms with Crippen LogP contribution in [0, 0.1) is 23.7 Å². The van der Waals surface area contributed by atoms with Gasteiger partial charge in [-0.2, -0.15) is 0 Å². The molecule has 94 heavy (non-hydrogen) atoms. The van der Waals surface area contributed by atoms with E-state index in [1.807, 2.05) is 0 Å². The summed E-state index contributed by atoms with van der Waals surface area (Å²) in [5, 5.41) is 10.6. The van der Waals surface area contributed by atoms with Crippen molar-refractivity contribution < 1.29 is 80.2 Å². The minimum atomic E-state index is -4.96. The Kier molecular flexibility index (Phi) is 63.1. The van der Waals surface area contributed by atoms with Crippen molar-refractivity contribution in [1.82, 2.24) is 0 Å². The molecule has 0 saturated carbocycles. The number of esters is 4. The number of hydrogen-bond acceptors (Lipinski definition) is 15. The molecule has 0 saturated heterocycles. The fourth-order valence-corrected chi connectivity index (χ4v) is 12.9. The molecule has 6 atom stereocenters. The van der Waals surface area contributed by atoms with Gasteiger partial charge in [-0.15, -0.1) is 0 Å². The molecule has 0 aromatic heterocycles. The summed E-state index contributed by atoms with van der Waals surface area (Å²) >= 11 is 0. The zero-order chi connectivity index (χ0) is 69.6. The highest BCUT2D eigenvalue weighted by atomic mass is 31.2. The van der Waals surface area contributed by atoms with E-state index in [4.69, 9.17) is 37.0 Å². The van der Waals surface area contributed by atoms with Gasteiger partial charge < -0.3 is 33.8 Å². The van der Waals surface area contributed by atoms with E-state index in [1.54, 1.807) is 0 Å². The third kappa shape index (κ3) is 67.3. The van der Waals surface area contributed by atoms with Gasteiger partial charge >= 0.3 is 39.5 Å². The van der Waals surface area contributed by atoms with Gasteiger partial charge in [0.1, 0.15) is 19.3 Å². The maximum absolute atomic E-state index is 13.1. The quantitative estimate of drug-likeness (QED) is 0.0222. The molecule has 558 valence electrons. The lowest BCUT2D eigenvalue weighted by atomic mass is 10.00. The van der Waals surface area contributed by atoms with Crippen LogP contribution in [-0.2, 0) is 65.4 Å². The van der Waals surface area contributed by atoms with Crippen LogP contribution in [0.25, 0.3) is 0 Å². The van der Waals surface area contributed by atoms with E-state index in [-0.39, 0.29) is 25.7 Å². The van der Waals surface area contributed by atoms with Crippen LogP contribution < -0.4 is 0 Å². The summed E-state index contributed by atoms with van der Waals surface area (Å²) in [6, 6.07) is 0. The summed E-state index contributed by atoms with van der Waals surface area (Å²) in [4.78, 5) is 72.7. The number of aliphatic hydroxyl groups excluding tert-OH is 1. The van der Waals surface area contributed by atoms with E-state index in [9.17, 15) is 43.2 Å². The molecule has 0 fully saturated rings. The van der Waals surface area contributed by atoms with Gasteiger partial charge in [-0.05, 0) is 49.4 Å². The highest BCUT2D eigenvalue weighted by molar-refractivity contribution is 7.47. The van der Waals surface area contributed by atoms with Crippen LogP contribution >= 0.6 is 15.6 Å². The zero-order valence-electron chi connectivity index (χ0n) is 61.6. The van der Waals surface area contributed by atoms with Crippen LogP contribution in [0.5, 0.6) is 0 Å². The maximum atomic E-state index is 13.1. The van der Waals surface area contributed by atoms with E-state index in [0.717, 1.165) is 114 Å². The Morgan fingerprint density at radius 3 is 0.755 bits per heavy atom. The van der Waals surface area contributed by atoms with Crippen LogP contribution in [0.2, 0.25) is 0 Å². The van der Waals surface area contributed by atoms with Crippen LogP contribution in [0.15, 0.2) is 0 Å². The molecule has 0 bridgehead atoms. The van der Waals surface area contributed by atoms with Gasteiger partial charge in [0, 0.05) is 25.7 Å². The summed E-state index contributed by atoms with van der Waals surface area (Å²) in [6.45, 7) is 14.1. The fourth-order valence-electron chi connectivity index (χ4n) is 11.3. The van der Waals surface area contributed by atoms with Gasteiger partial charge in [0.2, 0.25) is 0 Å². The third-order valence-electron chi connectivity index (χ3n) is 17.7. The normalized spacial score (nSPS) is 14.4. The van der Waals surface area contributed by atoms with Gasteiger partial charge in [0.15, 0.2) is 12.2 Å². The van der Waals surface area contributed by atoms with E-state index in [2.05, 4.69) is 55.4 Å². The summed E-state index contributed by atoms with van der Waals surface area (Å²) in [5.41, 5.74) is 0. The molecule has 0 aliphatic rings. The van der Waals surface area contributed by atoms with Crippen molar-refractivity contribution in [3.63, 3.8) is 0 Å². The van der Waals surface area contributed by atoms with E-state index in [1.165, 1.54) is 180 Å². The molecule has 0 radical (unpaired) electrons. The van der Waals surface area contributed by atoms with Crippen molar-refractivity contribution in [3.8, 4) is 0 Å². The number of carbonyl (C=O) groups is 4. The minimum absolute atomic E-state index is 0.102. The maximum Gasteiger partial charge on any atom is 0.472 e. The zero-order valence-corrected chi connectivity index (χ0v) is 63.4. The summed E-state index contributed by atoms with van der Waals surface area (Å²) in [6.07, 6.45) is 48.8. The molecule has 0 spiro atoms. The number of phosphoric acid groups is 2. The summed E-state index contributed by atoms with van der Waals surface area (Å²) in [7, 11) is -9.91. The monoisotopic (exact) mass is 1380 g/mol. The largest absolute Gasteiger partial charge is 0.472 e. The second kappa shape index (κ2) is 64.4. The van der Waals surface area contributed by atoms with E-state index >= 15 is 0 Å². The molecule has 0 aromatic rings. The molecule has 4 unspecified atom stereocenters. The second-order valence-electron chi connectivity index (χ2n) is 28.7. The van der Waals surface area contributed by atoms with Crippen molar-refractivity contribution in [2.75, 3.05) is 39.6 Å². The average molecular weight is 1380 g/mol. The third-order valence-corrected chi connectivity index (χ3v) is 19.6. The molecular weight excluding hydrogens is 1230 g/mol. The molecule has 0 aliphatic carbocycles. The van der Waals surface area contributed by atoms with Crippen molar-refractivity contribution >= 4 is 39.5 Å². The standard InChI is InChI=1S/C75H146O17P2/c1-9-68(8)54-46-38-33-34-42-50-58-75(80)92-71(62-86-73(78)56-48-40-31-26-25-29-37-45-53-67(6)7)64-90-94(83,84)88-60-69(76)59-87-93(81,82)89-63-70(61-85-72(77)55-47-39-30-24-20-22-28-36-44-52-66(4)5)91-74(79)57-49-41-32-23-19-17-15-13-11-10-12-14-16-18-21-27-35-43-51-65(2)3/h65-71,76H,9-64H2,1-8H3,(H,81,82)(H,83,84)/t68?,69?,70-,71-/m1/s1. The van der Waals surface area contributed by atoms with Crippen molar-refractivity contribution in [2.45, 2.75) is 395 Å². The molecule has 17 nitrogen and oxygen atoms in total.